The van der Waals surface area contributed by atoms with Gasteiger partial charge in [0, 0.05) is 12.1 Å². The van der Waals surface area contributed by atoms with Gasteiger partial charge in [-0.3, -0.25) is 4.79 Å². The van der Waals surface area contributed by atoms with Crippen molar-refractivity contribution in [2.75, 3.05) is 7.11 Å². The summed E-state index contributed by atoms with van der Waals surface area (Å²) in [7, 11) is -3.52. The number of benzene rings is 1. The first-order valence-electron chi connectivity index (χ1n) is 6.91. The Morgan fingerprint density at radius 2 is 1.87 bits per heavy atom. The van der Waals surface area contributed by atoms with Gasteiger partial charge in [0.1, 0.15) is 23.5 Å². The van der Waals surface area contributed by atoms with Crippen molar-refractivity contribution in [3.05, 3.63) is 23.8 Å². The molecule has 1 heterocycles. The van der Waals surface area contributed by atoms with Gasteiger partial charge in [0.15, 0.2) is 4.90 Å². The maximum absolute atomic E-state index is 13.9. The molecule has 128 valence electrons. The standard InChI is InChI=1S/C14H17F2NO5S/c1-7-4-8(2)22-12(7)14(18)17-23(19,20)13-10(15)5-9(21-3)6-11(13)16/h5-8,12H,4H2,1-3H3,(H,17,18)/t7-,8-,12+/m0/s1. The molecule has 1 fully saturated rings. The average Bonchev–Trinajstić information content (AvgIpc) is 2.75. The van der Waals surface area contributed by atoms with Crippen molar-refractivity contribution in [2.24, 2.45) is 5.92 Å². The van der Waals surface area contributed by atoms with E-state index in [0.717, 1.165) is 12.1 Å². The van der Waals surface area contributed by atoms with Crippen molar-refractivity contribution in [3.8, 4) is 5.75 Å². The summed E-state index contributed by atoms with van der Waals surface area (Å²) in [4.78, 5) is 10.8. The lowest BCUT2D eigenvalue weighted by molar-refractivity contribution is -0.131. The second-order valence-corrected chi connectivity index (χ2v) is 7.09. The molecule has 0 aliphatic carbocycles. The molecule has 0 unspecified atom stereocenters. The molecular weight excluding hydrogens is 332 g/mol. The van der Waals surface area contributed by atoms with Gasteiger partial charge in [0.25, 0.3) is 15.9 Å². The summed E-state index contributed by atoms with van der Waals surface area (Å²) in [6.45, 7) is 3.48. The van der Waals surface area contributed by atoms with Crippen LogP contribution in [-0.4, -0.2) is 33.6 Å². The Morgan fingerprint density at radius 1 is 1.30 bits per heavy atom. The SMILES string of the molecule is COc1cc(F)c(S(=O)(=O)NC(=O)[C@@H]2O[C@@H](C)C[C@@H]2C)c(F)c1. The van der Waals surface area contributed by atoms with Crippen molar-refractivity contribution in [2.45, 2.75) is 37.4 Å². The van der Waals surface area contributed by atoms with Crippen LogP contribution in [0, 0.1) is 17.6 Å². The number of halogens is 2. The maximum Gasteiger partial charge on any atom is 0.269 e. The number of hydrogen-bond acceptors (Lipinski definition) is 5. The lowest BCUT2D eigenvalue weighted by Crippen LogP contribution is -2.41. The smallest absolute Gasteiger partial charge is 0.269 e. The minimum atomic E-state index is -4.71. The number of amides is 1. The van der Waals surface area contributed by atoms with Crippen LogP contribution in [0.5, 0.6) is 5.75 Å². The highest BCUT2D eigenvalue weighted by molar-refractivity contribution is 7.90. The number of ether oxygens (including phenoxy) is 2. The topological polar surface area (TPSA) is 81.7 Å². The Morgan fingerprint density at radius 3 is 2.30 bits per heavy atom. The van der Waals surface area contributed by atoms with E-state index in [1.807, 2.05) is 0 Å². The molecule has 0 aromatic heterocycles. The molecule has 9 heteroatoms. The van der Waals surface area contributed by atoms with E-state index in [4.69, 9.17) is 4.74 Å². The summed E-state index contributed by atoms with van der Waals surface area (Å²) in [6, 6.07) is 1.44. The summed E-state index contributed by atoms with van der Waals surface area (Å²) in [5.74, 6) is -4.03. The van der Waals surface area contributed by atoms with E-state index in [1.54, 1.807) is 18.6 Å². The summed E-state index contributed by atoms with van der Waals surface area (Å²) in [5.41, 5.74) is 0. The zero-order valence-corrected chi connectivity index (χ0v) is 13.6. The average molecular weight is 349 g/mol. The Labute approximate surface area is 132 Å². The highest BCUT2D eigenvalue weighted by Gasteiger charge is 2.38. The fourth-order valence-corrected chi connectivity index (χ4v) is 3.67. The first-order chi connectivity index (χ1) is 10.7. The van der Waals surface area contributed by atoms with Crippen LogP contribution in [0.4, 0.5) is 8.78 Å². The van der Waals surface area contributed by atoms with Crippen LogP contribution in [0.3, 0.4) is 0 Å². The molecule has 1 amide bonds. The third kappa shape index (κ3) is 3.61. The molecule has 0 spiro atoms. The largest absolute Gasteiger partial charge is 0.497 e. The predicted molar refractivity (Wildman–Crippen MR) is 76.4 cm³/mol. The molecule has 23 heavy (non-hydrogen) atoms. The van der Waals surface area contributed by atoms with Gasteiger partial charge < -0.3 is 9.47 Å². The van der Waals surface area contributed by atoms with Crippen molar-refractivity contribution in [1.29, 1.82) is 0 Å². The van der Waals surface area contributed by atoms with E-state index < -0.39 is 38.6 Å². The zero-order chi connectivity index (χ0) is 17.4. The molecule has 0 saturated carbocycles. The predicted octanol–water partition coefficient (Wildman–Crippen LogP) is 1.59. The Hall–Kier alpha value is -1.74. The number of rotatable bonds is 4. The van der Waals surface area contributed by atoms with Crippen molar-refractivity contribution in [1.82, 2.24) is 4.72 Å². The van der Waals surface area contributed by atoms with Gasteiger partial charge >= 0.3 is 0 Å². The number of methoxy groups -OCH3 is 1. The fourth-order valence-electron chi connectivity index (χ4n) is 2.56. The lowest BCUT2D eigenvalue weighted by Gasteiger charge is -2.15. The zero-order valence-electron chi connectivity index (χ0n) is 12.8. The van der Waals surface area contributed by atoms with Gasteiger partial charge in [-0.2, -0.15) is 0 Å². The molecule has 1 aromatic rings. The Bertz CT molecular complexity index is 699. The third-order valence-electron chi connectivity index (χ3n) is 3.57. The van der Waals surface area contributed by atoms with Crippen LogP contribution in [-0.2, 0) is 19.6 Å². The van der Waals surface area contributed by atoms with Crippen LogP contribution < -0.4 is 9.46 Å². The molecule has 1 saturated heterocycles. The summed E-state index contributed by atoms with van der Waals surface area (Å²) < 4.78 is 63.6. The summed E-state index contributed by atoms with van der Waals surface area (Å²) in [5, 5.41) is 0. The number of sulfonamides is 1. The molecule has 6 nitrogen and oxygen atoms in total. The third-order valence-corrected chi connectivity index (χ3v) is 4.97. The minimum absolute atomic E-state index is 0.174. The van der Waals surface area contributed by atoms with Gasteiger partial charge in [-0.05, 0) is 19.3 Å². The second kappa shape index (κ2) is 6.40. The first-order valence-corrected chi connectivity index (χ1v) is 8.39. The van der Waals surface area contributed by atoms with E-state index in [1.165, 1.54) is 7.11 Å². The number of hydrogen-bond donors (Lipinski definition) is 1. The van der Waals surface area contributed by atoms with Gasteiger partial charge in [-0.15, -0.1) is 0 Å². The molecule has 2 rings (SSSR count). The second-order valence-electron chi connectivity index (χ2n) is 5.47. The fraction of sp³-hybridized carbons (Fsp3) is 0.500. The number of nitrogens with one attached hydrogen (secondary N) is 1. The molecule has 0 bridgehead atoms. The molecule has 0 radical (unpaired) electrons. The highest BCUT2D eigenvalue weighted by Crippen LogP contribution is 2.27. The van der Waals surface area contributed by atoms with Crippen molar-refractivity contribution < 1.29 is 31.5 Å². The van der Waals surface area contributed by atoms with Crippen molar-refractivity contribution in [3.63, 3.8) is 0 Å². The van der Waals surface area contributed by atoms with Gasteiger partial charge in [-0.25, -0.2) is 21.9 Å². The van der Waals surface area contributed by atoms with Gasteiger partial charge in [0.2, 0.25) is 0 Å². The molecule has 1 aromatic carbocycles. The Kier molecular flexibility index (Phi) is 4.90. The van der Waals surface area contributed by atoms with Gasteiger partial charge in [-0.1, -0.05) is 6.92 Å². The summed E-state index contributed by atoms with van der Waals surface area (Å²) >= 11 is 0. The lowest BCUT2D eigenvalue weighted by atomic mass is 10.0. The van der Waals surface area contributed by atoms with E-state index >= 15 is 0 Å². The molecule has 1 aliphatic heterocycles. The molecule has 1 aliphatic rings. The number of carbonyl (C=O) groups excluding carboxylic acids is 1. The monoisotopic (exact) mass is 349 g/mol. The molecule has 1 N–H and O–H groups in total. The van der Waals surface area contributed by atoms with Crippen molar-refractivity contribution >= 4 is 15.9 Å². The molecule has 3 atom stereocenters. The van der Waals surface area contributed by atoms with Crippen LogP contribution in [0.25, 0.3) is 0 Å². The van der Waals surface area contributed by atoms with E-state index in [2.05, 4.69) is 4.74 Å². The van der Waals surface area contributed by atoms with Gasteiger partial charge in [0.05, 0.1) is 13.2 Å². The normalized spacial score (nSPS) is 24.5. The van der Waals surface area contributed by atoms with E-state index in [0.29, 0.717) is 6.42 Å². The molecular formula is C14H17F2NO5S. The van der Waals surface area contributed by atoms with Crippen LogP contribution in [0.15, 0.2) is 17.0 Å². The maximum atomic E-state index is 13.9. The minimum Gasteiger partial charge on any atom is -0.497 e. The summed E-state index contributed by atoms with van der Waals surface area (Å²) in [6.07, 6.45) is -0.592. The van der Waals surface area contributed by atoms with Crippen LogP contribution >= 0.6 is 0 Å². The Balaban J connectivity index is 2.28. The first kappa shape index (κ1) is 17.6. The van der Waals surface area contributed by atoms with E-state index in [9.17, 15) is 22.0 Å². The highest BCUT2D eigenvalue weighted by atomic mass is 32.2. The van der Waals surface area contributed by atoms with E-state index in [-0.39, 0.29) is 17.8 Å². The number of carbonyl (C=O) groups is 1. The quantitative estimate of drug-likeness (QED) is 0.893. The van der Waals surface area contributed by atoms with Crippen LogP contribution in [0.1, 0.15) is 20.3 Å². The van der Waals surface area contributed by atoms with Crippen LogP contribution in [0.2, 0.25) is 0 Å².